The maximum absolute atomic E-state index is 11.1. The van der Waals surface area contributed by atoms with E-state index in [2.05, 4.69) is 29.5 Å². The lowest BCUT2D eigenvalue weighted by Crippen LogP contribution is -2.50. The minimum atomic E-state index is -0.387. The van der Waals surface area contributed by atoms with Gasteiger partial charge in [-0.25, -0.2) is 4.98 Å². The van der Waals surface area contributed by atoms with Crippen LogP contribution in [0, 0.1) is 22.5 Å². The summed E-state index contributed by atoms with van der Waals surface area (Å²) >= 11 is 0. The number of rotatable bonds is 4. The second-order valence-corrected chi connectivity index (χ2v) is 6.12. The third-order valence-corrected chi connectivity index (χ3v) is 4.01. The molecule has 1 atom stereocenters. The van der Waals surface area contributed by atoms with Gasteiger partial charge in [0.15, 0.2) is 0 Å². The predicted molar refractivity (Wildman–Crippen MR) is 78.9 cm³/mol. The highest BCUT2D eigenvalue weighted by Gasteiger charge is 2.32. The lowest BCUT2D eigenvalue weighted by atomic mass is 9.77. The van der Waals surface area contributed by atoms with Gasteiger partial charge < -0.3 is 10.6 Å². The van der Waals surface area contributed by atoms with E-state index in [9.17, 15) is 10.1 Å². The molecule has 1 saturated heterocycles. The summed E-state index contributed by atoms with van der Waals surface area (Å²) in [5.74, 6) is 0.351. The summed E-state index contributed by atoms with van der Waals surface area (Å²) < 4.78 is 0. The first kappa shape index (κ1) is 14.7. The van der Waals surface area contributed by atoms with Crippen LogP contribution < -0.4 is 10.6 Å². The molecule has 0 radical (unpaired) electrons. The van der Waals surface area contributed by atoms with E-state index in [0.29, 0.717) is 18.4 Å². The van der Waals surface area contributed by atoms with Gasteiger partial charge in [-0.3, -0.25) is 10.1 Å². The van der Waals surface area contributed by atoms with Gasteiger partial charge in [0.1, 0.15) is 0 Å². The number of piperidine rings is 1. The zero-order valence-electron chi connectivity index (χ0n) is 12.3. The van der Waals surface area contributed by atoms with Gasteiger partial charge in [0, 0.05) is 24.8 Å². The molecule has 1 aliphatic heterocycles. The van der Waals surface area contributed by atoms with Crippen LogP contribution in [0.3, 0.4) is 0 Å². The van der Waals surface area contributed by atoms with E-state index >= 15 is 0 Å². The Bertz CT molecular complexity index is 502. The molecule has 20 heavy (non-hydrogen) atoms. The van der Waals surface area contributed by atoms with Crippen LogP contribution in [0.15, 0.2) is 12.3 Å². The van der Waals surface area contributed by atoms with Crippen LogP contribution >= 0.6 is 0 Å². The smallest absolute Gasteiger partial charge is 0.311 e. The molecule has 0 aromatic carbocycles. The van der Waals surface area contributed by atoms with Gasteiger partial charge in [-0.05, 0) is 37.3 Å². The Morgan fingerprint density at radius 3 is 3.00 bits per heavy atom. The molecular formula is C14H22N4O2. The normalized spacial score (nSPS) is 21.4. The van der Waals surface area contributed by atoms with Crippen molar-refractivity contribution in [1.82, 2.24) is 10.3 Å². The summed E-state index contributed by atoms with van der Waals surface area (Å²) in [6.07, 6.45) is 3.98. The first-order chi connectivity index (χ1) is 9.40. The van der Waals surface area contributed by atoms with Crippen LogP contribution in [-0.2, 0) is 0 Å². The zero-order valence-corrected chi connectivity index (χ0v) is 12.3. The number of nitro groups is 1. The number of hydrogen-bond acceptors (Lipinski definition) is 5. The molecule has 1 unspecified atom stereocenters. The Kier molecular flexibility index (Phi) is 4.23. The molecule has 0 aliphatic carbocycles. The largest absolute Gasteiger partial charge is 0.363 e. The van der Waals surface area contributed by atoms with Crippen molar-refractivity contribution in [2.45, 2.75) is 39.7 Å². The molecule has 6 heteroatoms. The number of nitrogens with one attached hydrogen (secondary N) is 2. The molecule has 1 fully saturated rings. The predicted octanol–water partition coefficient (Wildman–Crippen LogP) is 2.49. The van der Waals surface area contributed by atoms with Crippen LogP contribution in [-0.4, -0.2) is 29.0 Å². The third-order valence-electron chi connectivity index (χ3n) is 4.01. The highest BCUT2D eigenvalue weighted by atomic mass is 16.6. The molecule has 2 heterocycles. The van der Waals surface area contributed by atoms with E-state index in [1.165, 1.54) is 6.42 Å². The fourth-order valence-corrected chi connectivity index (χ4v) is 2.65. The number of aryl methyl sites for hydroxylation is 1. The van der Waals surface area contributed by atoms with E-state index in [1.54, 1.807) is 19.2 Å². The average Bonchev–Trinajstić information content (AvgIpc) is 2.38. The number of nitrogens with zero attached hydrogens (tertiary/aromatic N) is 2. The number of pyridine rings is 1. The van der Waals surface area contributed by atoms with Crippen molar-refractivity contribution < 1.29 is 4.92 Å². The van der Waals surface area contributed by atoms with Crippen molar-refractivity contribution in [3.63, 3.8) is 0 Å². The monoisotopic (exact) mass is 278 g/mol. The molecule has 110 valence electrons. The van der Waals surface area contributed by atoms with Crippen LogP contribution in [0.25, 0.3) is 0 Å². The van der Waals surface area contributed by atoms with Crippen molar-refractivity contribution in [3.8, 4) is 0 Å². The van der Waals surface area contributed by atoms with E-state index in [-0.39, 0.29) is 16.0 Å². The van der Waals surface area contributed by atoms with Crippen molar-refractivity contribution in [2.24, 2.45) is 5.41 Å². The summed E-state index contributed by atoms with van der Waals surface area (Å²) in [7, 11) is 0. The summed E-state index contributed by atoms with van der Waals surface area (Å²) in [4.78, 5) is 14.8. The Balaban J connectivity index is 2.09. The Morgan fingerprint density at radius 2 is 2.35 bits per heavy atom. The molecule has 0 amide bonds. The molecule has 1 aromatic rings. The van der Waals surface area contributed by atoms with Gasteiger partial charge in [0.2, 0.25) is 5.82 Å². The Hall–Kier alpha value is -1.69. The SMILES string of the molecule is Cc1cnc(NCC2NCCCC2(C)C)c([N+](=O)[O-])c1. The highest BCUT2D eigenvalue weighted by molar-refractivity contribution is 5.56. The van der Waals surface area contributed by atoms with E-state index in [4.69, 9.17) is 0 Å². The second kappa shape index (κ2) is 5.75. The van der Waals surface area contributed by atoms with Gasteiger partial charge >= 0.3 is 5.69 Å². The molecule has 6 nitrogen and oxygen atoms in total. The fourth-order valence-electron chi connectivity index (χ4n) is 2.65. The average molecular weight is 278 g/mol. The van der Waals surface area contributed by atoms with E-state index in [0.717, 1.165) is 18.5 Å². The minimum absolute atomic E-state index is 0.0404. The lowest BCUT2D eigenvalue weighted by molar-refractivity contribution is -0.384. The maximum Gasteiger partial charge on any atom is 0.311 e. The van der Waals surface area contributed by atoms with E-state index < -0.39 is 0 Å². The summed E-state index contributed by atoms with van der Waals surface area (Å²) in [5.41, 5.74) is 1.02. The van der Waals surface area contributed by atoms with Crippen LogP contribution in [0.4, 0.5) is 11.5 Å². The van der Waals surface area contributed by atoms with Crippen molar-refractivity contribution >= 4 is 11.5 Å². The van der Waals surface area contributed by atoms with Gasteiger partial charge in [-0.15, -0.1) is 0 Å². The van der Waals surface area contributed by atoms with E-state index in [1.807, 2.05) is 0 Å². The summed E-state index contributed by atoms with van der Waals surface area (Å²) in [6.45, 7) is 7.89. The topological polar surface area (TPSA) is 80.1 Å². The molecule has 1 aliphatic rings. The summed E-state index contributed by atoms with van der Waals surface area (Å²) in [6, 6.07) is 1.84. The number of hydrogen-bond donors (Lipinski definition) is 2. The standard InChI is InChI=1S/C14H22N4O2/c1-10-7-11(18(19)20)13(16-8-10)17-9-12-14(2,3)5-4-6-15-12/h7-8,12,15H,4-6,9H2,1-3H3,(H,16,17). The maximum atomic E-state index is 11.1. The summed E-state index contributed by atoms with van der Waals surface area (Å²) in [5, 5.41) is 17.7. The molecule has 1 aromatic heterocycles. The van der Waals surface area contributed by atoms with Crippen molar-refractivity contribution in [1.29, 1.82) is 0 Å². The first-order valence-corrected chi connectivity index (χ1v) is 6.98. The molecule has 2 rings (SSSR count). The van der Waals surface area contributed by atoms with Crippen LogP contribution in [0.2, 0.25) is 0 Å². The second-order valence-electron chi connectivity index (χ2n) is 6.12. The fraction of sp³-hybridized carbons (Fsp3) is 0.643. The van der Waals surface area contributed by atoms with Crippen molar-refractivity contribution in [2.75, 3.05) is 18.4 Å². The quantitative estimate of drug-likeness (QED) is 0.653. The van der Waals surface area contributed by atoms with Gasteiger partial charge in [-0.1, -0.05) is 13.8 Å². The van der Waals surface area contributed by atoms with Gasteiger partial charge in [0.25, 0.3) is 0 Å². The van der Waals surface area contributed by atoms with Crippen LogP contribution in [0.1, 0.15) is 32.3 Å². The number of anilines is 1. The molecule has 0 saturated carbocycles. The zero-order chi connectivity index (χ0) is 14.8. The van der Waals surface area contributed by atoms with Crippen molar-refractivity contribution in [3.05, 3.63) is 27.9 Å². The molecule has 2 N–H and O–H groups in total. The van der Waals surface area contributed by atoms with Gasteiger partial charge in [0.05, 0.1) is 4.92 Å². The minimum Gasteiger partial charge on any atom is -0.363 e. The number of aromatic nitrogens is 1. The van der Waals surface area contributed by atoms with Crippen LogP contribution in [0.5, 0.6) is 0 Å². The first-order valence-electron chi connectivity index (χ1n) is 6.98. The third kappa shape index (κ3) is 3.25. The molecule has 0 bridgehead atoms. The Morgan fingerprint density at radius 1 is 1.60 bits per heavy atom. The highest BCUT2D eigenvalue weighted by Crippen LogP contribution is 2.31. The Labute approximate surface area is 119 Å². The lowest BCUT2D eigenvalue weighted by Gasteiger charge is -2.39. The molecular weight excluding hydrogens is 256 g/mol. The molecule has 0 spiro atoms. The van der Waals surface area contributed by atoms with Gasteiger partial charge in [-0.2, -0.15) is 0 Å².